The van der Waals surface area contributed by atoms with Gasteiger partial charge in [-0.3, -0.25) is 0 Å². The van der Waals surface area contributed by atoms with Crippen molar-refractivity contribution in [2.45, 2.75) is 11.8 Å². The van der Waals surface area contributed by atoms with Crippen LogP contribution < -0.4 is 0 Å². The molecule has 6 nitrogen and oxygen atoms in total. The second-order valence-corrected chi connectivity index (χ2v) is 7.91. The van der Waals surface area contributed by atoms with Crippen LogP contribution in [0.4, 0.5) is 0 Å². The van der Waals surface area contributed by atoms with Crippen molar-refractivity contribution in [3.8, 4) is 0 Å². The monoisotopic (exact) mass is 394 g/mol. The molecule has 8 rings (SSSR count). The molecule has 2 unspecified atom stereocenters. The highest BCUT2D eigenvalue weighted by atomic mass is 16.6. The summed E-state index contributed by atoms with van der Waals surface area (Å²) in [5, 5.41) is 0. The van der Waals surface area contributed by atoms with E-state index >= 15 is 0 Å². The average molecular weight is 394 g/mol. The van der Waals surface area contributed by atoms with Gasteiger partial charge in [-0.15, -0.1) is 0 Å². The van der Waals surface area contributed by atoms with Crippen molar-refractivity contribution < 1.29 is 28.7 Å². The minimum atomic E-state index is -0.669. The van der Waals surface area contributed by atoms with Crippen molar-refractivity contribution in [3.63, 3.8) is 0 Å². The van der Waals surface area contributed by atoms with Crippen molar-refractivity contribution in [3.05, 3.63) is 104 Å². The third-order valence-electron chi connectivity index (χ3n) is 6.53. The molecule has 6 heteroatoms. The van der Waals surface area contributed by atoms with E-state index in [4.69, 9.17) is 9.47 Å². The van der Waals surface area contributed by atoms with Crippen molar-refractivity contribution in [1.29, 1.82) is 0 Å². The molecule has 0 saturated heterocycles. The van der Waals surface area contributed by atoms with Gasteiger partial charge in [0.25, 0.3) is 0 Å². The molecular formula is C24H10O6. The molecule has 0 saturated carbocycles. The van der Waals surface area contributed by atoms with Gasteiger partial charge in [-0.05, 0) is 51.6 Å². The van der Waals surface area contributed by atoms with Crippen LogP contribution in [0.25, 0.3) is 0 Å². The zero-order valence-corrected chi connectivity index (χ0v) is 15.2. The second-order valence-electron chi connectivity index (χ2n) is 7.91. The van der Waals surface area contributed by atoms with Crippen molar-refractivity contribution in [2.75, 3.05) is 0 Å². The van der Waals surface area contributed by atoms with Crippen LogP contribution in [-0.2, 0) is 9.47 Å². The van der Waals surface area contributed by atoms with Crippen LogP contribution >= 0.6 is 0 Å². The van der Waals surface area contributed by atoms with Crippen LogP contribution in [0, 0.1) is 0 Å². The molecule has 2 atom stereocenters. The van der Waals surface area contributed by atoms with Gasteiger partial charge in [-0.2, -0.15) is 0 Å². The first kappa shape index (κ1) is 15.8. The number of fused-ring (bicyclic) bond motifs is 2. The molecule has 2 aliphatic heterocycles. The molecule has 30 heavy (non-hydrogen) atoms. The average Bonchev–Trinajstić information content (AvgIpc) is 3.10. The Bertz CT molecular complexity index is 1430. The maximum Gasteiger partial charge on any atom is 0.347 e. The normalized spacial score (nSPS) is 21.5. The molecule has 3 aromatic carbocycles. The summed E-state index contributed by atoms with van der Waals surface area (Å²) in [7, 11) is 0. The number of hydrogen-bond acceptors (Lipinski definition) is 6. The Balaban J connectivity index is 1.64. The fraction of sp³-hybridized carbons (Fsp3) is 0.0833. The van der Waals surface area contributed by atoms with Gasteiger partial charge in [0.1, 0.15) is 0 Å². The molecule has 0 amide bonds. The van der Waals surface area contributed by atoms with E-state index in [9.17, 15) is 19.2 Å². The lowest BCUT2D eigenvalue weighted by Gasteiger charge is -2.31. The van der Waals surface area contributed by atoms with Crippen molar-refractivity contribution in [2.24, 2.45) is 0 Å². The van der Waals surface area contributed by atoms with Crippen molar-refractivity contribution >= 4 is 23.9 Å². The van der Waals surface area contributed by atoms with E-state index in [0.29, 0.717) is 5.56 Å². The summed E-state index contributed by atoms with van der Waals surface area (Å²) >= 11 is 0. The lowest BCUT2D eigenvalue weighted by Crippen LogP contribution is -2.18. The summed E-state index contributed by atoms with van der Waals surface area (Å²) in [6.45, 7) is 0. The Kier molecular flexibility index (Phi) is 2.59. The standard InChI is InChI=1S/C24H10O6/c25-21-14-7-12-13(8-15(14)22(26)29-21)19-11-4-2-1-3-10(11)18(12)9-5-16(19)20-17(6-9)23(27)30-24(20)28/h1-8,18-19H. The summed E-state index contributed by atoms with van der Waals surface area (Å²) in [5.41, 5.74) is 6.32. The first-order valence-electron chi connectivity index (χ1n) is 9.50. The third kappa shape index (κ3) is 1.67. The third-order valence-corrected chi connectivity index (χ3v) is 6.53. The second kappa shape index (κ2) is 4.91. The number of carbonyl (C=O) groups excluding carboxylic acids is 4. The molecule has 0 spiro atoms. The first-order chi connectivity index (χ1) is 14.5. The predicted molar refractivity (Wildman–Crippen MR) is 101 cm³/mol. The molecule has 2 heterocycles. The van der Waals surface area contributed by atoms with Crippen LogP contribution in [0.2, 0.25) is 0 Å². The molecule has 142 valence electrons. The number of carbonyl (C=O) groups is 4. The highest BCUT2D eigenvalue weighted by molar-refractivity contribution is 6.17. The van der Waals surface area contributed by atoms with Crippen LogP contribution in [0.1, 0.15) is 86.6 Å². The fourth-order valence-corrected chi connectivity index (χ4v) is 5.39. The van der Waals surface area contributed by atoms with Gasteiger partial charge < -0.3 is 9.47 Å². The molecular weight excluding hydrogens is 384 g/mol. The SMILES string of the molecule is O=C1OC(=O)c2cc3c(cc21)C1c2cc4c(c(c2)C3c2ccccc21)C(=O)OC4=O. The molecule has 3 aromatic rings. The van der Waals surface area contributed by atoms with Crippen LogP contribution in [0.3, 0.4) is 0 Å². The summed E-state index contributed by atoms with van der Waals surface area (Å²) < 4.78 is 9.70. The van der Waals surface area contributed by atoms with Crippen LogP contribution in [0.15, 0.2) is 48.5 Å². The predicted octanol–water partition coefficient (Wildman–Crippen LogP) is 3.30. The smallest absolute Gasteiger partial charge is 0.347 e. The lowest BCUT2D eigenvalue weighted by molar-refractivity contribution is 0.0425. The van der Waals surface area contributed by atoms with E-state index in [2.05, 4.69) is 0 Å². The van der Waals surface area contributed by atoms with Gasteiger partial charge in [-0.1, -0.05) is 30.3 Å². The van der Waals surface area contributed by atoms with Gasteiger partial charge in [0.2, 0.25) is 0 Å². The lowest BCUT2D eigenvalue weighted by atomic mass is 9.71. The van der Waals surface area contributed by atoms with E-state index in [1.54, 1.807) is 18.2 Å². The summed E-state index contributed by atoms with van der Waals surface area (Å²) in [5.74, 6) is -3.23. The number of rotatable bonds is 0. The summed E-state index contributed by atoms with van der Waals surface area (Å²) in [6, 6.07) is 15.0. The number of benzene rings is 3. The Hall–Kier alpha value is -4.06. The van der Waals surface area contributed by atoms with E-state index in [1.807, 2.05) is 30.3 Å². The maximum atomic E-state index is 12.5. The Labute approximate surface area is 169 Å². The molecule has 3 aliphatic carbocycles. The molecule has 4 bridgehead atoms. The zero-order chi connectivity index (χ0) is 20.3. The van der Waals surface area contributed by atoms with E-state index in [0.717, 1.165) is 27.8 Å². The maximum absolute atomic E-state index is 12.5. The van der Waals surface area contributed by atoms with E-state index < -0.39 is 23.9 Å². The largest absolute Gasteiger partial charge is 0.386 e. The van der Waals surface area contributed by atoms with Gasteiger partial charge >= 0.3 is 23.9 Å². The minimum absolute atomic E-state index is 0.229. The summed E-state index contributed by atoms with van der Waals surface area (Å²) in [4.78, 5) is 49.2. The van der Waals surface area contributed by atoms with Gasteiger partial charge in [-0.25, -0.2) is 19.2 Å². The number of hydrogen-bond donors (Lipinski definition) is 0. The quantitative estimate of drug-likeness (QED) is 0.296. The highest BCUT2D eigenvalue weighted by Crippen LogP contribution is 2.54. The van der Waals surface area contributed by atoms with Crippen molar-refractivity contribution in [1.82, 2.24) is 0 Å². The highest BCUT2D eigenvalue weighted by Gasteiger charge is 2.45. The number of esters is 4. The Morgan fingerprint density at radius 3 is 1.80 bits per heavy atom. The van der Waals surface area contributed by atoms with Crippen LogP contribution in [0.5, 0.6) is 0 Å². The van der Waals surface area contributed by atoms with E-state index in [-0.39, 0.29) is 34.1 Å². The molecule has 5 aliphatic rings. The van der Waals surface area contributed by atoms with E-state index in [1.165, 1.54) is 0 Å². The Morgan fingerprint density at radius 2 is 1.10 bits per heavy atom. The number of cyclic esters (lactones) is 4. The fourth-order valence-electron chi connectivity index (χ4n) is 5.39. The Morgan fingerprint density at radius 1 is 0.533 bits per heavy atom. The summed E-state index contributed by atoms with van der Waals surface area (Å²) in [6.07, 6.45) is 0. The number of ether oxygens (including phenoxy) is 2. The van der Waals surface area contributed by atoms with Crippen LogP contribution in [-0.4, -0.2) is 23.9 Å². The zero-order valence-electron chi connectivity index (χ0n) is 15.2. The van der Waals surface area contributed by atoms with Gasteiger partial charge in [0.15, 0.2) is 0 Å². The molecule has 0 N–H and O–H groups in total. The van der Waals surface area contributed by atoms with Gasteiger partial charge in [0, 0.05) is 11.8 Å². The minimum Gasteiger partial charge on any atom is -0.386 e. The molecule has 0 aromatic heterocycles. The first-order valence-corrected chi connectivity index (χ1v) is 9.50. The molecule has 0 fully saturated rings. The van der Waals surface area contributed by atoms with Gasteiger partial charge in [0.05, 0.1) is 22.3 Å². The molecule has 0 radical (unpaired) electrons. The topological polar surface area (TPSA) is 86.7 Å².